The van der Waals surface area contributed by atoms with Gasteiger partial charge in [-0.1, -0.05) is 6.42 Å². The number of halogens is 3. The smallest absolute Gasteiger partial charge is 0.391 e. The van der Waals surface area contributed by atoms with Crippen molar-refractivity contribution in [2.24, 2.45) is 5.92 Å². The summed E-state index contributed by atoms with van der Waals surface area (Å²) in [6.45, 7) is 2.92. The van der Waals surface area contributed by atoms with Crippen LogP contribution in [0.2, 0.25) is 0 Å². The van der Waals surface area contributed by atoms with Gasteiger partial charge in [0.2, 0.25) is 0 Å². The van der Waals surface area contributed by atoms with Crippen molar-refractivity contribution in [3.8, 4) is 0 Å². The molecule has 1 saturated heterocycles. The van der Waals surface area contributed by atoms with E-state index in [0.29, 0.717) is 12.8 Å². The van der Waals surface area contributed by atoms with Gasteiger partial charge in [0.05, 0.1) is 12.1 Å². The van der Waals surface area contributed by atoms with E-state index in [1.165, 1.54) is 0 Å². The maximum absolute atomic E-state index is 12.9. The third-order valence-corrected chi connectivity index (χ3v) is 5.13. The van der Waals surface area contributed by atoms with Gasteiger partial charge in [0.1, 0.15) is 6.29 Å². The van der Waals surface area contributed by atoms with Gasteiger partial charge in [0, 0.05) is 18.7 Å². The average Bonchev–Trinajstić information content (AvgIpc) is 2.57. The van der Waals surface area contributed by atoms with Crippen molar-refractivity contribution in [3.05, 3.63) is 0 Å². The van der Waals surface area contributed by atoms with Gasteiger partial charge in [-0.3, -0.25) is 10.6 Å². The standard InChI is InChI=1S/C17H32F3N5O2/c1-11-9-14(21-7-2-3-8-26)24-15(22-11)25-16(27)23-13-6-4-5-12(10-13)17(18,19)20/h11-15,21-22,24,26H,2-10H2,1H3,(H2,23,25,27). The Balaban J connectivity index is 1.75. The quantitative estimate of drug-likeness (QED) is 0.366. The van der Waals surface area contributed by atoms with E-state index in [4.69, 9.17) is 5.11 Å². The molecule has 5 unspecified atom stereocenters. The van der Waals surface area contributed by atoms with Crippen LogP contribution in [-0.4, -0.2) is 55.0 Å². The number of alkyl halides is 3. The summed E-state index contributed by atoms with van der Waals surface area (Å²) in [7, 11) is 0. The van der Waals surface area contributed by atoms with Crippen LogP contribution in [0, 0.1) is 5.92 Å². The van der Waals surface area contributed by atoms with Crippen LogP contribution in [0.1, 0.15) is 51.9 Å². The third-order valence-electron chi connectivity index (χ3n) is 5.13. The molecule has 0 radical (unpaired) electrons. The highest BCUT2D eigenvalue weighted by Gasteiger charge is 2.42. The van der Waals surface area contributed by atoms with Gasteiger partial charge in [-0.2, -0.15) is 13.2 Å². The lowest BCUT2D eigenvalue weighted by Gasteiger charge is -2.37. The van der Waals surface area contributed by atoms with E-state index in [0.717, 1.165) is 25.8 Å². The summed E-state index contributed by atoms with van der Waals surface area (Å²) in [6.07, 6.45) is -1.13. The number of nitrogens with one attached hydrogen (secondary N) is 5. The van der Waals surface area contributed by atoms with E-state index >= 15 is 0 Å². The van der Waals surface area contributed by atoms with Crippen LogP contribution >= 0.6 is 0 Å². The zero-order chi connectivity index (χ0) is 19.9. The number of aliphatic hydroxyl groups excluding tert-OH is 1. The molecule has 2 fully saturated rings. The number of urea groups is 1. The van der Waals surface area contributed by atoms with Crippen molar-refractivity contribution in [2.45, 2.75) is 82.6 Å². The first-order valence-electron chi connectivity index (χ1n) is 9.78. The lowest BCUT2D eigenvalue weighted by Crippen LogP contribution is -2.68. The zero-order valence-electron chi connectivity index (χ0n) is 15.7. The number of unbranched alkanes of at least 4 members (excludes halogenated alkanes) is 1. The van der Waals surface area contributed by atoms with Gasteiger partial charge in [0.15, 0.2) is 0 Å². The van der Waals surface area contributed by atoms with Crippen LogP contribution in [0.25, 0.3) is 0 Å². The monoisotopic (exact) mass is 395 g/mol. The summed E-state index contributed by atoms with van der Waals surface area (Å²) in [5, 5.41) is 24.0. The van der Waals surface area contributed by atoms with E-state index in [2.05, 4.69) is 26.6 Å². The Labute approximate surface area is 158 Å². The van der Waals surface area contributed by atoms with E-state index in [-0.39, 0.29) is 31.7 Å². The fourth-order valence-electron chi connectivity index (χ4n) is 3.74. The lowest BCUT2D eigenvalue weighted by atomic mass is 9.85. The molecule has 0 aromatic carbocycles. The number of rotatable bonds is 7. The van der Waals surface area contributed by atoms with Crippen LogP contribution in [0.5, 0.6) is 0 Å². The van der Waals surface area contributed by atoms with Crippen molar-refractivity contribution in [1.29, 1.82) is 0 Å². The number of hydrogen-bond acceptors (Lipinski definition) is 5. The highest BCUT2D eigenvalue weighted by atomic mass is 19.4. The molecule has 10 heteroatoms. The van der Waals surface area contributed by atoms with Gasteiger partial charge in [-0.05, 0) is 52.0 Å². The molecule has 0 spiro atoms. The highest BCUT2D eigenvalue weighted by molar-refractivity contribution is 5.74. The minimum atomic E-state index is -4.20. The van der Waals surface area contributed by atoms with Crippen molar-refractivity contribution >= 4 is 6.03 Å². The molecule has 1 saturated carbocycles. The predicted molar refractivity (Wildman–Crippen MR) is 95.7 cm³/mol. The molecule has 6 N–H and O–H groups in total. The molecule has 2 rings (SSSR count). The maximum Gasteiger partial charge on any atom is 0.391 e. The first-order valence-corrected chi connectivity index (χ1v) is 9.78. The van der Waals surface area contributed by atoms with Crippen molar-refractivity contribution in [1.82, 2.24) is 26.6 Å². The fraction of sp³-hybridized carbons (Fsp3) is 0.941. The minimum absolute atomic E-state index is 0.00883. The maximum atomic E-state index is 12.9. The van der Waals surface area contributed by atoms with Crippen LogP contribution < -0.4 is 26.6 Å². The van der Waals surface area contributed by atoms with Gasteiger partial charge < -0.3 is 21.1 Å². The molecular formula is C17H32F3N5O2. The van der Waals surface area contributed by atoms with Crippen LogP contribution in [0.4, 0.5) is 18.0 Å². The second kappa shape index (κ2) is 10.4. The first-order chi connectivity index (χ1) is 12.8. The Kier molecular flexibility index (Phi) is 8.59. The van der Waals surface area contributed by atoms with E-state index < -0.39 is 30.5 Å². The van der Waals surface area contributed by atoms with Gasteiger partial charge >= 0.3 is 12.2 Å². The molecule has 1 aliphatic heterocycles. The third kappa shape index (κ3) is 7.81. The van der Waals surface area contributed by atoms with Crippen LogP contribution in [0.3, 0.4) is 0 Å². The number of carbonyl (C=O) groups excluding carboxylic acids is 1. The Morgan fingerprint density at radius 1 is 1.15 bits per heavy atom. The normalized spacial score (nSPS) is 32.1. The van der Waals surface area contributed by atoms with Crippen molar-refractivity contribution < 1.29 is 23.1 Å². The fourth-order valence-corrected chi connectivity index (χ4v) is 3.74. The Morgan fingerprint density at radius 3 is 2.63 bits per heavy atom. The molecule has 5 atom stereocenters. The molecule has 27 heavy (non-hydrogen) atoms. The molecule has 0 bridgehead atoms. The minimum Gasteiger partial charge on any atom is -0.396 e. The molecule has 0 aromatic heterocycles. The van der Waals surface area contributed by atoms with Gasteiger partial charge in [0.25, 0.3) is 0 Å². The number of carbonyl (C=O) groups is 1. The predicted octanol–water partition coefficient (Wildman–Crippen LogP) is 1.35. The molecule has 1 heterocycles. The van der Waals surface area contributed by atoms with Crippen LogP contribution in [0.15, 0.2) is 0 Å². The molecule has 1 aliphatic carbocycles. The summed E-state index contributed by atoms with van der Waals surface area (Å²) >= 11 is 0. The molecule has 2 amide bonds. The summed E-state index contributed by atoms with van der Waals surface area (Å²) in [5.74, 6) is -1.34. The summed E-state index contributed by atoms with van der Waals surface area (Å²) in [4.78, 5) is 12.2. The van der Waals surface area contributed by atoms with Gasteiger partial charge in [-0.15, -0.1) is 0 Å². The highest BCUT2D eigenvalue weighted by Crippen LogP contribution is 2.37. The van der Waals surface area contributed by atoms with Crippen molar-refractivity contribution in [2.75, 3.05) is 13.2 Å². The zero-order valence-corrected chi connectivity index (χ0v) is 15.7. The largest absolute Gasteiger partial charge is 0.396 e. The summed E-state index contributed by atoms with van der Waals surface area (Å²) in [5.41, 5.74) is 0. The summed E-state index contributed by atoms with van der Waals surface area (Å²) < 4.78 is 38.7. The average molecular weight is 395 g/mol. The van der Waals surface area contributed by atoms with Crippen molar-refractivity contribution in [3.63, 3.8) is 0 Å². The molecular weight excluding hydrogens is 363 g/mol. The Morgan fingerprint density at radius 2 is 1.93 bits per heavy atom. The van der Waals surface area contributed by atoms with Gasteiger partial charge in [-0.25, -0.2) is 4.79 Å². The second-order valence-corrected chi connectivity index (χ2v) is 7.56. The first kappa shape index (κ1) is 22.2. The van der Waals surface area contributed by atoms with Crippen LogP contribution in [-0.2, 0) is 0 Å². The number of aliphatic hydroxyl groups is 1. The van der Waals surface area contributed by atoms with E-state index in [1.54, 1.807) is 0 Å². The Hall–Kier alpha value is -1.10. The summed E-state index contributed by atoms with van der Waals surface area (Å²) in [6, 6.07) is -0.768. The lowest BCUT2D eigenvalue weighted by molar-refractivity contribution is -0.183. The number of amides is 2. The SMILES string of the molecule is CC1CC(NCCCCO)NC(NC(=O)NC2CCCC(C(F)(F)F)C2)N1. The molecule has 158 valence electrons. The Bertz CT molecular complexity index is 466. The molecule has 0 aromatic rings. The van der Waals surface area contributed by atoms with E-state index in [9.17, 15) is 18.0 Å². The number of hydrogen-bond donors (Lipinski definition) is 6. The topological polar surface area (TPSA) is 97.5 Å². The van der Waals surface area contributed by atoms with E-state index in [1.807, 2.05) is 6.92 Å². The second-order valence-electron chi connectivity index (χ2n) is 7.56. The molecule has 2 aliphatic rings. The molecule has 7 nitrogen and oxygen atoms in total.